The second kappa shape index (κ2) is 7.32. The number of rotatable bonds is 6. The van der Waals surface area contributed by atoms with Crippen LogP contribution in [0.4, 0.5) is 13.2 Å². The summed E-state index contributed by atoms with van der Waals surface area (Å²) < 4.78 is 45.3. The largest absolute Gasteiger partial charge is 0.374 e. The van der Waals surface area contributed by atoms with Crippen LogP contribution >= 0.6 is 0 Å². The molecule has 4 heteroatoms. The molecule has 0 aliphatic heterocycles. The van der Waals surface area contributed by atoms with Crippen molar-refractivity contribution >= 4 is 0 Å². The van der Waals surface area contributed by atoms with Crippen LogP contribution in [0.3, 0.4) is 0 Å². The molecule has 1 unspecified atom stereocenters. The van der Waals surface area contributed by atoms with Crippen LogP contribution in [-0.4, -0.2) is 18.6 Å². The van der Waals surface area contributed by atoms with E-state index in [1.807, 2.05) is 0 Å². The van der Waals surface area contributed by atoms with Gasteiger partial charge in [-0.3, -0.25) is 0 Å². The second-order valence-electron chi connectivity index (χ2n) is 6.08. The first-order valence-corrected chi connectivity index (χ1v) is 7.76. The molecule has 22 heavy (non-hydrogen) atoms. The lowest BCUT2D eigenvalue weighted by atomic mass is 9.82. The van der Waals surface area contributed by atoms with Crippen LogP contribution in [0.1, 0.15) is 55.8 Å². The molecule has 1 saturated carbocycles. The Kier molecular flexibility index (Phi) is 5.68. The first-order valence-electron chi connectivity index (χ1n) is 7.76. The van der Waals surface area contributed by atoms with Crippen molar-refractivity contribution in [3.63, 3.8) is 0 Å². The Morgan fingerprint density at radius 3 is 2.32 bits per heavy atom. The maximum atomic E-state index is 13.6. The number of ether oxygens (including phenoxy) is 1. The minimum atomic E-state index is -3.35. The number of alkyl halides is 3. The van der Waals surface area contributed by atoms with Crippen molar-refractivity contribution < 1.29 is 17.9 Å². The monoisotopic (exact) mass is 312 g/mol. The molecule has 1 atom stereocenters. The van der Waals surface area contributed by atoms with E-state index in [-0.39, 0.29) is 11.7 Å². The van der Waals surface area contributed by atoms with Gasteiger partial charge in [0.25, 0.3) is 5.92 Å². The smallest absolute Gasteiger partial charge is 0.280 e. The van der Waals surface area contributed by atoms with Gasteiger partial charge in [-0.2, -0.15) is 0 Å². The first-order chi connectivity index (χ1) is 10.4. The molecule has 0 spiro atoms. The van der Waals surface area contributed by atoms with Gasteiger partial charge in [-0.1, -0.05) is 30.3 Å². The van der Waals surface area contributed by atoms with Gasteiger partial charge in [0.15, 0.2) is 6.17 Å². The molecule has 0 radical (unpaired) electrons. The highest BCUT2D eigenvalue weighted by atomic mass is 19.3. The Balaban J connectivity index is 1.93. The zero-order valence-corrected chi connectivity index (χ0v) is 12.9. The Bertz CT molecular complexity index is 470. The molecule has 1 aliphatic rings. The van der Waals surface area contributed by atoms with Crippen molar-refractivity contribution in [1.29, 1.82) is 0 Å². The molecule has 0 N–H and O–H groups in total. The van der Waals surface area contributed by atoms with Crippen molar-refractivity contribution in [3.05, 3.63) is 48.0 Å². The predicted molar refractivity (Wildman–Crippen MR) is 82.1 cm³/mol. The summed E-state index contributed by atoms with van der Waals surface area (Å²) in [5.41, 5.74) is 1.14. The van der Waals surface area contributed by atoms with Crippen LogP contribution in [0.2, 0.25) is 0 Å². The maximum Gasteiger partial charge on any atom is 0.280 e. The average molecular weight is 312 g/mol. The van der Waals surface area contributed by atoms with E-state index < -0.39 is 12.1 Å². The minimum absolute atomic E-state index is 0.0410. The number of hydrogen-bond acceptors (Lipinski definition) is 1. The molecule has 1 aromatic rings. The lowest BCUT2D eigenvalue weighted by Crippen LogP contribution is -2.21. The molecule has 1 aromatic carbocycles. The van der Waals surface area contributed by atoms with Crippen molar-refractivity contribution in [3.8, 4) is 0 Å². The van der Waals surface area contributed by atoms with Crippen LogP contribution in [0.5, 0.6) is 0 Å². The van der Waals surface area contributed by atoms with Crippen molar-refractivity contribution in [2.24, 2.45) is 0 Å². The minimum Gasteiger partial charge on any atom is -0.374 e. The zero-order chi connectivity index (χ0) is 16.2. The number of benzene rings is 1. The molecular weight excluding hydrogens is 289 g/mol. The summed E-state index contributed by atoms with van der Waals surface area (Å²) in [7, 11) is 0. The van der Waals surface area contributed by atoms with Gasteiger partial charge in [0, 0.05) is 6.92 Å². The Morgan fingerprint density at radius 1 is 1.23 bits per heavy atom. The van der Waals surface area contributed by atoms with Crippen LogP contribution in [-0.2, 0) is 4.74 Å². The number of hydrogen-bond donors (Lipinski definition) is 0. The highest BCUT2D eigenvalue weighted by Crippen LogP contribution is 2.37. The number of halogens is 3. The summed E-state index contributed by atoms with van der Waals surface area (Å²) in [6.45, 7) is 4.82. The Morgan fingerprint density at radius 2 is 1.82 bits per heavy atom. The Hall–Kier alpha value is -1.29. The van der Waals surface area contributed by atoms with Crippen molar-refractivity contribution in [2.75, 3.05) is 6.61 Å². The molecule has 122 valence electrons. The van der Waals surface area contributed by atoms with Gasteiger partial charge >= 0.3 is 0 Å². The van der Waals surface area contributed by atoms with Gasteiger partial charge in [0.2, 0.25) is 0 Å². The average Bonchev–Trinajstić information content (AvgIpc) is 2.52. The van der Waals surface area contributed by atoms with Crippen molar-refractivity contribution in [1.82, 2.24) is 0 Å². The van der Waals surface area contributed by atoms with Gasteiger partial charge in [-0.15, -0.1) is 6.58 Å². The third kappa shape index (κ3) is 4.35. The normalized spacial score (nSPS) is 24.0. The van der Waals surface area contributed by atoms with E-state index >= 15 is 0 Å². The van der Waals surface area contributed by atoms with E-state index in [9.17, 15) is 13.2 Å². The highest BCUT2D eigenvalue weighted by molar-refractivity contribution is 5.28. The summed E-state index contributed by atoms with van der Waals surface area (Å²) in [5.74, 6) is -2.94. The fourth-order valence-electron chi connectivity index (χ4n) is 3.00. The van der Waals surface area contributed by atoms with Gasteiger partial charge in [-0.05, 0) is 42.7 Å². The molecule has 1 aliphatic carbocycles. The molecule has 0 heterocycles. The lowest BCUT2D eigenvalue weighted by Gasteiger charge is -2.28. The standard InChI is InChI=1S/C18H23F3O/c1-3-12-22-16-10-8-14(9-11-16)13-4-6-15(7-5-13)17(19)18(2,20)21/h3-7,14,16-17H,1,8-12H2,2H3/t14-,16-,17?. The summed E-state index contributed by atoms with van der Waals surface area (Å²) in [6, 6.07) is 6.53. The summed E-state index contributed by atoms with van der Waals surface area (Å²) in [5, 5.41) is 0. The summed E-state index contributed by atoms with van der Waals surface area (Å²) in [6.07, 6.45) is 3.76. The molecule has 0 amide bonds. The van der Waals surface area contributed by atoms with Crippen molar-refractivity contribution in [2.45, 2.75) is 56.7 Å². The van der Waals surface area contributed by atoms with Crippen LogP contribution < -0.4 is 0 Å². The molecule has 0 saturated heterocycles. The quantitative estimate of drug-likeness (QED) is 0.623. The molecule has 1 fully saturated rings. The fourth-order valence-corrected chi connectivity index (χ4v) is 3.00. The summed E-state index contributed by atoms with van der Waals surface area (Å²) >= 11 is 0. The molecule has 1 nitrogen and oxygen atoms in total. The van der Waals surface area contributed by atoms with Gasteiger partial charge in [0.1, 0.15) is 0 Å². The zero-order valence-electron chi connectivity index (χ0n) is 12.9. The van der Waals surface area contributed by atoms with Gasteiger partial charge in [-0.25, -0.2) is 13.2 Å². The topological polar surface area (TPSA) is 9.23 Å². The van der Waals surface area contributed by atoms with E-state index in [0.717, 1.165) is 31.2 Å². The van der Waals surface area contributed by atoms with E-state index in [4.69, 9.17) is 4.74 Å². The first kappa shape index (κ1) is 17.1. The van der Waals surface area contributed by atoms with Gasteiger partial charge in [0.05, 0.1) is 12.7 Å². The highest BCUT2D eigenvalue weighted by Gasteiger charge is 2.35. The third-order valence-electron chi connectivity index (χ3n) is 4.27. The molecule has 0 bridgehead atoms. The van der Waals surface area contributed by atoms with E-state index in [1.165, 1.54) is 12.1 Å². The van der Waals surface area contributed by atoms with Crippen LogP contribution in [0, 0.1) is 0 Å². The van der Waals surface area contributed by atoms with Crippen LogP contribution in [0.25, 0.3) is 0 Å². The van der Waals surface area contributed by atoms with Crippen LogP contribution in [0.15, 0.2) is 36.9 Å². The lowest BCUT2D eigenvalue weighted by molar-refractivity contribution is -0.0566. The molecular formula is C18H23F3O. The molecule has 0 aromatic heterocycles. The predicted octanol–water partition coefficient (Wildman–Crippen LogP) is 5.58. The fraction of sp³-hybridized carbons (Fsp3) is 0.556. The third-order valence-corrected chi connectivity index (χ3v) is 4.27. The summed E-state index contributed by atoms with van der Waals surface area (Å²) in [4.78, 5) is 0. The second-order valence-corrected chi connectivity index (χ2v) is 6.08. The maximum absolute atomic E-state index is 13.6. The van der Waals surface area contributed by atoms with E-state index in [0.29, 0.717) is 19.4 Å². The van der Waals surface area contributed by atoms with Gasteiger partial charge < -0.3 is 4.74 Å². The van der Waals surface area contributed by atoms with E-state index in [1.54, 1.807) is 18.2 Å². The SMILES string of the molecule is C=CCO[C@H]1CC[C@H](c2ccc(C(F)C(C)(F)F)cc2)CC1. The molecule has 2 rings (SSSR count). The Labute approximate surface area is 130 Å². The van der Waals surface area contributed by atoms with E-state index in [2.05, 4.69) is 6.58 Å².